The highest BCUT2D eigenvalue weighted by Gasteiger charge is 2.50. The van der Waals surface area contributed by atoms with E-state index in [0.717, 1.165) is 30.0 Å². The molecule has 29 heavy (non-hydrogen) atoms. The number of benzene rings is 1. The molecule has 0 saturated heterocycles. The van der Waals surface area contributed by atoms with Crippen molar-refractivity contribution in [2.75, 3.05) is 0 Å². The number of aryl methyl sites for hydroxylation is 2. The molecule has 3 aromatic rings. The zero-order chi connectivity index (χ0) is 20.8. The summed E-state index contributed by atoms with van der Waals surface area (Å²) in [7, 11) is 0. The van der Waals surface area contributed by atoms with E-state index in [9.17, 15) is 13.6 Å². The molecule has 7 nitrogen and oxygen atoms in total. The second kappa shape index (κ2) is 7.22. The molecule has 0 spiro atoms. The largest absolute Gasteiger partial charge is 0.481 e. The molecule has 152 valence electrons. The molecule has 1 aromatic carbocycles. The minimum Gasteiger partial charge on any atom is -0.481 e. The van der Waals surface area contributed by atoms with Gasteiger partial charge in [-0.15, -0.1) is 0 Å². The number of aliphatic carboxylic acids is 1. The number of carboxylic acid groups (broad SMARTS) is 1. The van der Waals surface area contributed by atoms with Crippen molar-refractivity contribution in [3.63, 3.8) is 0 Å². The average molecular weight is 423 g/mol. The third-order valence-electron chi connectivity index (χ3n) is 5.09. The summed E-state index contributed by atoms with van der Waals surface area (Å²) in [6.07, 6.45) is -1.41. The first-order valence-corrected chi connectivity index (χ1v) is 9.37. The van der Waals surface area contributed by atoms with Crippen LogP contribution in [0, 0.1) is 6.92 Å². The van der Waals surface area contributed by atoms with Crippen LogP contribution in [-0.4, -0.2) is 31.0 Å². The van der Waals surface area contributed by atoms with Gasteiger partial charge in [0.1, 0.15) is 11.4 Å². The number of hydrogen-bond acceptors (Lipinski definition) is 5. The predicted octanol–water partition coefficient (Wildman–Crippen LogP) is 4.39. The molecule has 0 unspecified atom stereocenters. The van der Waals surface area contributed by atoms with Gasteiger partial charge in [-0.2, -0.15) is 10.1 Å². The van der Waals surface area contributed by atoms with E-state index in [4.69, 9.17) is 21.2 Å². The summed E-state index contributed by atoms with van der Waals surface area (Å²) >= 11 is 6.05. The number of carboxylic acids is 1. The molecule has 1 aliphatic carbocycles. The van der Waals surface area contributed by atoms with E-state index in [2.05, 4.69) is 15.2 Å². The summed E-state index contributed by atoms with van der Waals surface area (Å²) in [5.74, 6) is -0.573. The Bertz CT molecular complexity index is 1080. The molecule has 1 saturated carbocycles. The highest BCUT2D eigenvalue weighted by Crippen LogP contribution is 2.53. The minimum absolute atomic E-state index is 0.0303. The van der Waals surface area contributed by atoms with Crippen molar-refractivity contribution >= 4 is 17.6 Å². The van der Waals surface area contributed by atoms with Crippen molar-refractivity contribution in [2.24, 2.45) is 0 Å². The molecule has 1 aliphatic rings. The van der Waals surface area contributed by atoms with Crippen molar-refractivity contribution in [1.82, 2.24) is 19.9 Å². The van der Waals surface area contributed by atoms with Gasteiger partial charge in [0.15, 0.2) is 5.82 Å². The average Bonchev–Trinajstić information content (AvgIpc) is 3.12. The number of nitrogens with zero attached hydrogens (tertiary/aromatic N) is 4. The van der Waals surface area contributed by atoms with Crippen molar-refractivity contribution < 1.29 is 23.2 Å². The normalized spacial score (nSPS) is 15.1. The van der Waals surface area contributed by atoms with E-state index in [-0.39, 0.29) is 24.6 Å². The van der Waals surface area contributed by atoms with Crippen LogP contribution < -0.4 is 0 Å². The lowest BCUT2D eigenvalue weighted by Crippen LogP contribution is -2.12. The second-order valence-corrected chi connectivity index (χ2v) is 7.52. The van der Waals surface area contributed by atoms with E-state index in [1.165, 1.54) is 4.68 Å². The van der Waals surface area contributed by atoms with Crippen LogP contribution in [0.25, 0.3) is 11.6 Å². The summed E-state index contributed by atoms with van der Waals surface area (Å²) in [6, 6.07) is 6.76. The van der Waals surface area contributed by atoms with Gasteiger partial charge in [-0.25, -0.2) is 8.78 Å². The Morgan fingerprint density at radius 1 is 1.38 bits per heavy atom. The Balaban J connectivity index is 1.70. The summed E-state index contributed by atoms with van der Waals surface area (Å²) in [5.41, 5.74) is 1.35. The first kappa shape index (κ1) is 19.5. The van der Waals surface area contributed by atoms with Crippen molar-refractivity contribution in [3.05, 3.63) is 51.9 Å². The van der Waals surface area contributed by atoms with Gasteiger partial charge in [0.05, 0.1) is 18.4 Å². The van der Waals surface area contributed by atoms with E-state index < -0.39 is 23.5 Å². The molecule has 1 fully saturated rings. The molecule has 10 heteroatoms. The van der Waals surface area contributed by atoms with E-state index in [1.807, 2.05) is 19.1 Å². The Hall–Kier alpha value is -2.81. The van der Waals surface area contributed by atoms with Crippen LogP contribution in [0.1, 0.15) is 48.3 Å². The number of halogens is 3. The summed E-state index contributed by atoms with van der Waals surface area (Å²) in [5, 5.41) is 17.4. The fraction of sp³-hybridized carbons (Fsp3) is 0.368. The van der Waals surface area contributed by atoms with Gasteiger partial charge in [0.25, 0.3) is 12.3 Å². The van der Waals surface area contributed by atoms with Crippen LogP contribution >= 0.6 is 11.6 Å². The summed E-state index contributed by atoms with van der Waals surface area (Å²) in [4.78, 5) is 15.3. The van der Waals surface area contributed by atoms with Crippen LogP contribution in [0.2, 0.25) is 5.02 Å². The Morgan fingerprint density at radius 2 is 2.14 bits per heavy atom. The van der Waals surface area contributed by atoms with Gasteiger partial charge in [-0.3, -0.25) is 9.48 Å². The number of alkyl halides is 2. The van der Waals surface area contributed by atoms with E-state index in [1.54, 1.807) is 6.07 Å². The molecule has 0 amide bonds. The number of carbonyl (C=O) groups is 1. The molecule has 0 bridgehead atoms. The maximum atomic E-state index is 13.1. The fourth-order valence-corrected chi connectivity index (χ4v) is 3.74. The van der Waals surface area contributed by atoms with Gasteiger partial charge >= 0.3 is 5.97 Å². The lowest BCUT2D eigenvalue weighted by molar-refractivity contribution is -0.137. The number of aromatic nitrogens is 4. The minimum atomic E-state index is -2.80. The van der Waals surface area contributed by atoms with Crippen molar-refractivity contribution in [3.8, 4) is 11.6 Å². The number of hydrogen-bond donors (Lipinski definition) is 1. The van der Waals surface area contributed by atoms with Crippen LogP contribution in [0.5, 0.6) is 0 Å². The van der Waals surface area contributed by atoms with Gasteiger partial charge in [-0.05, 0) is 49.1 Å². The Morgan fingerprint density at radius 3 is 2.76 bits per heavy atom. The molecule has 2 heterocycles. The zero-order valence-electron chi connectivity index (χ0n) is 15.4. The molecule has 0 atom stereocenters. The lowest BCUT2D eigenvalue weighted by atomic mass is 9.91. The lowest BCUT2D eigenvalue weighted by Gasteiger charge is -2.14. The Kier molecular flexibility index (Phi) is 4.85. The highest BCUT2D eigenvalue weighted by atomic mass is 35.5. The van der Waals surface area contributed by atoms with E-state index >= 15 is 0 Å². The third-order valence-corrected chi connectivity index (χ3v) is 5.32. The van der Waals surface area contributed by atoms with Crippen LogP contribution in [0.3, 0.4) is 0 Å². The SMILES string of the molecule is Cc1cc(Cl)ccc1C1(c2noc(-c3cc(C(F)F)nn3CCC(=O)O)n2)CC1. The predicted molar refractivity (Wildman–Crippen MR) is 98.9 cm³/mol. The monoisotopic (exact) mass is 422 g/mol. The molecule has 0 aliphatic heterocycles. The highest BCUT2D eigenvalue weighted by molar-refractivity contribution is 6.30. The van der Waals surface area contributed by atoms with Crippen LogP contribution in [-0.2, 0) is 16.8 Å². The molecular formula is C19H17ClF2N4O3. The van der Waals surface area contributed by atoms with Gasteiger partial charge < -0.3 is 9.63 Å². The summed E-state index contributed by atoms with van der Waals surface area (Å²) in [6.45, 7) is 1.87. The smallest absolute Gasteiger partial charge is 0.305 e. The van der Waals surface area contributed by atoms with Crippen molar-refractivity contribution in [1.29, 1.82) is 0 Å². The fourth-order valence-electron chi connectivity index (χ4n) is 3.51. The standard InChI is InChI=1S/C19H17ClF2N4O3/c1-10-8-11(20)2-3-12(10)19(5-6-19)18-23-17(29-25-18)14-9-13(16(21)22)24-26(14)7-4-15(27)28/h2-3,8-9,16H,4-7H2,1H3,(H,27,28). The molecule has 4 rings (SSSR count). The maximum Gasteiger partial charge on any atom is 0.305 e. The first-order chi connectivity index (χ1) is 13.8. The molecular weight excluding hydrogens is 406 g/mol. The van der Waals surface area contributed by atoms with Gasteiger partial charge in [0.2, 0.25) is 0 Å². The van der Waals surface area contributed by atoms with Crippen LogP contribution in [0.4, 0.5) is 8.78 Å². The van der Waals surface area contributed by atoms with Crippen molar-refractivity contribution in [2.45, 2.75) is 44.6 Å². The molecule has 2 aromatic heterocycles. The molecule has 0 radical (unpaired) electrons. The number of rotatable bonds is 7. The quantitative estimate of drug-likeness (QED) is 0.607. The van der Waals surface area contributed by atoms with Gasteiger partial charge in [-0.1, -0.05) is 22.8 Å². The molecule has 1 N–H and O–H groups in total. The van der Waals surface area contributed by atoms with Gasteiger partial charge in [0, 0.05) is 5.02 Å². The van der Waals surface area contributed by atoms with Crippen LogP contribution in [0.15, 0.2) is 28.8 Å². The zero-order valence-corrected chi connectivity index (χ0v) is 16.2. The maximum absolute atomic E-state index is 13.1. The Labute approximate surface area is 169 Å². The second-order valence-electron chi connectivity index (χ2n) is 7.09. The third kappa shape index (κ3) is 3.62. The topological polar surface area (TPSA) is 94.0 Å². The van der Waals surface area contributed by atoms with E-state index in [0.29, 0.717) is 10.8 Å². The summed E-state index contributed by atoms with van der Waals surface area (Å²) < 4.78 is 32.7. The first-order valence-electron chi connectivity index (χ1n) is 8.99.